The Labute approximate surface area is 116 Å². The second kappa shape index (κ2) is 17.7. The average Bonchev–Trinajstić information content (AvgIpc) is 2.34. The van der Waals surface area contributed by atoms with Crippen molar-refractivity contribution in [3.8, 4) is 0 Å². The van der Waals surface area contributed by atoms with Crippen LogP contribution in [0.4, 0.5) is 0 Å². The van der Waals surface area contributed by atoms with E-state index in [2.05, 4.69) is 26.0 Å². The first-order valence-corrected chi connectivity index (χ1v) is 4.28. The molecule has 0 spiro atoms. The Hall–Kier alpha value is -0.691. The van der Waals surface area contributed by atoms with Gasteiger partial charge in [-0.3, -0.25) is 11.8 Å². The molecule has 0 fully saturated rings. The maximum atomic E-state index is 10.9. The molecule has 6 heteroatoms. The quantitative estimate of drug-likeness (QED) is 0.377. The normalized spacial score (nSPS) is 19.8. The first-order chi connectivity index (χ1) is 7.61. The number of rotatable bonds is 0. The third-order valence-electron chi connectivity index (χ3n) is 1.77. The van der Waals surface area contributed by atoms with Gasteiger partial charge >= 0.3 is 51.0 Å². The number of hydrogen-bond donors (Lipinski definition) is 0. The maximum Gasteiger partial charge on any atom is 2.00 e. The molecule has 17 heavy (non-hydrogen) atoms. The minimum Gasteiger partial charge on any atom is 2.00 e. The van der Waals surface area contributed by atoms with Gasteiger partial charge in [-0.05, 0) is 0 Å². The van der Waals surface area contributed by atoms with Crippen LogP contribution < -0.4 is 5.11 Å². The van der Waals surface area contributed by atoms with Crippen molar-refractivity contribution in [2.45, 2.75) is 13.8 Å². The topological polar surface area (TPSA) is 82.8 Å². The maximum absolute atomic E-state index is 10.9. The Morgan fingerprint density at radius 2 is 1.53 bits per heavy atom. The number of halogens is 1. The van der Waals surface area contributed by atoms with Crippen LogP contribution in [0.5, 0.6) is 0 Å². The van der Waals surface area contributed by atoms with Crippen LogP contribution in [0.2, 0.25) is 0 Å². The van der Waals surface area contributed by atoms with E-state index in [-0.39, 0.29) is 39.7 Å². The molecule has 4 nitrogen and oxygen atoms in total. The molecule has 0 aromatic carbocycles. The van der Waals surface area contributed by atoms with Crippen molar-refractivity contribution in [3.63, 3.8) is 0 Å². The van der Waals surface area contributed by atoms with Crippen LogP contribution in [-0.2, 0) is 31.0 Å². The van der Waals surface area contributed by atoms with Crippen LogP contribution >= 0.6 is 11.6 Å². The largest absolute Gasteiger partial charge is 2.00 e. The average molecular weight is 296 g/mol. The second-order valence-electron chi connectivity index (χ2n) is 2.64. The van der Waals surface area contributed by atoms with Crippen molar-refractivity contribution in [1.29, 1.82) is 0 Å². The van der Waals surface area contributed by atoms with Crippen molar-refractivity contribution >= 4 is 11.6 Å². The summed E-state index contributed by atoms with van der Waals surface area (Å²) in [6.07, 6.45) is 4.52. The van der Waals surface area contributed by atoms with Gasteiger partial charge in [0.2, 0.25) is 0 Å². The van der Waals surface area contributed by atoms with E-state index in [1.54, 1.807) is 6.08 Å². The Kier molecular flexibility index (Phi) is 26.3. The molecule has 92 valence electrons. The van der Waals surface area contributed by atoms with Gasteiger partial charge < -0.3 is 5.11 Å². The predicted octanol–water partition coefficient (Wildman–Crippen LogP) is 1.33. The van der Waals surface area contributed by atoms with Crippen molar-refractivity contribution in [1.82, 2.24) is 0 Å². The van der Waals surface area contributed by atoms with E-state index in [1.165, 1.54) is 0 Å². The predicted molar refractivity (Wildman–Crippen MR) is 50.8 cm³/mol. The van der Waals surface area contributed by atoms with Crippen molar-refractivity contribution < 1.29 is 36.1 Å². The molecule has 0 aromatic rings. The van der Waals surface area contributed by atoms with Crippen LogP contribution in [-0.4, -0.2) is 0 Å². The summed E-state index contributed by atoms with van der Waals surface area (Å²) in [5, 5.41) is 11.1. The standard InChI is InChI=1S/C8H10ClO.3CO.Fe/c1-5-3-7(9)8(10)4-6(5)2;3*1-2;/h4-6,10H,1-2H3;;;;/q-1;;;;+2/p-1. The van der Waals surface area contributed by atoms with E-state index in [0.29, 0.717) is 0 Å². The Balaban J connectivity index is -0.000000106. The fourth-order valence-electron chi connectivity index (χ4n) is 0.859. The van der Waals surface area contributed by atoms with Crippen LogP contribution in [0.1, 0.15) is 13.8 Å². The Morgan fingerprint density at radius 3 is 1.82 bits per heavy atom. The molecule has 2 unspecified atom stereocenters. The molecule has 0 heterocycles. The van der Waals surface area contributed by atoms with Gasteiger partial charge in [-0.1, -0.05) is 25.7 Å². The van der Waals surface area contributed by atoms with Crippen LogP contribution in [0, 0.1) is 37.9 Å². The van der Waals surface area contributed by atoms with E-state index in [0.717, 1.165) is 0 Å². The minimum atomic E-state index is -0.0905. The zero-order valence-electron chi connectivity index (χ0n) is 9.10. The first-order valence-electron chi connectivity index (χ1n) is 3.90. The van der Waals surface area contributed by atoms with Gasteiger partial charge in [0.25, 0.3) is 0 Å². The fourth-order valence-corrected chi connectivity index (χ4v) is 1.09. The van der Waals surface area contributed by atoms with Gasteiger partial charge in [-0.15, -0.1) is 16.6 Å². The van der Waals surface area contributed by atoms with Gasteiger partial charge in [0.05, 0.1) is 0 Å². The summed E-state index contributed by atoms with van der Waals surface area (Å²) in [6, 6.07) is 0. The van der Waals surface area contributed by atoms with Gasteiger partial charge in [0.15, 0.2) is 0 Å². The van der Waals surface area contributed by atoms with E-state index < -0.39 is 0 Å². The molecule has 1 aliphatic carbocycles. The monoisotopic (exact) mass is 296 g/mol. The first kappa shape index (κ1) is 25.2. The summed E-state index contributed by atoms with van der Waals surface area (Å²) in [6.45, 7) is 17.5. The van der Waals surface area contributed by atoms with Crippen LogP contribution in [0.3, 0.4) is 0 Å². The molecule has 0 saturated carbocycles. The zero-order chi connectivity index (χ0) is 13.7. The molecular weight excluding hydrogens is 287 g/mol. The second-order valence-corrected chi connectivity index (χ2v) is 3.01. The smallest absolute Gasteiger partial charge is 2.00 e. The third-order valence-corrected chi connectivity index (χ3v) is 2.07. The fraction of sp³-hybridized carbons (Fsp3) is 0.364. The summed E-state index contributed by atoms with van der Waals surface area (Å²) in [5.74, 6) is 0.451. The molecule has 0 aliphatic heterocycles. The molecule has 0 amide bonds. The van der Waals surface area contributed by atoms with Crippen LogP contribution in [0.15, 0.2) is 16.9 Å². The molecule has 1 aliphatic rings. The summed E-state index contributed by atoms with van der Waals surface area (Å²) in [7, 11) is 0. The molecule has 0 N–H and O–H groups in total. The van der Waals surface area contributed by atoms with Crippen molar-refractivity contribution in [2.75, 3.05) is 0 Å². The number of allylic oxidation sites excluding steroid dienone is 3. The Morgan fingerprint density at radius 1 is 1.18 bits per heavy atom. The molecule has 0 bridgehead atoms. The van der Waals surface area contributed by atoms with Gasteiger partial charge in [-0.25, -0.2) is 0 Å². The molecule has 1 rings (SSSR count). The summed E-state index contributed by atoms with van der Waals surface area (Å²) < 4.78 is 22.5. The van der Waals surface area contributed by atoms with Crippen molar-refractivity contribution in [3.05, 3.63) is 42.9 Å². The van der Waals surface area contributed by atoms with Gasteiger partial charge in [0, 0.05) is 0 Å². The molecule has 0 aromatic heterocycles. The SMILES string of the molecule is CC1[C-]=C(Cl)C([O-])=CC1C.[C-]#[O+].[C-]#[O+].[C-]#[O+].[Fe+2]. The van der Waals surface area contributed by atoms with E-state index in [4.69, 9.17) is 25.6 Å². The molecule has 0 radical (unpaired) electrons. The number of hydrogen-bond acceptors (Lipinski definition) is 1. The summed E-state index contributed by atoms with van der Waals surface area (Å²) >= 11 is 5.55. The Bertz CT molecular complexity index is 268. The molecular formula is C11H9ClFeO4. The van der Waals surface area contributed by atoms with E-state index in [1.807, 2.05) is 13.8 Å². The minimum absolute atomic E-state index is 0. The molecule has 0 saturated heterocycles. The van der Waals surface area contributed by atoms with Crippen molar-refractivity contribution in [2.24, 2.45) is 11.8 Å². The molecule has 2 atom stereocenters. The van der Waals surface area contributed by atoms with Crippen LogP contribution in [0.25, 0.3) is 0 Å². The van der Waals surface area contributed by atoms with E-state index in [9.17, 15) is 5.11 Å². The zero-order valence-corrected chi connectivity index (χ0v) is 11.0. The summed E-state index contributed by atoms with van der Waals surface area (Å²) in [5.41, 5.74) is 0. The van der Waals surface area contributed by atoms with Gasteiger partial charge in [-0.2, -0.15) is 6.08 Å². The third kappa shape index (κ3) is 11.6. The van der Waals surface area contributed by atoms with Gasteiger partial charge in [0.1, 0.15) is 0 Å². The summed E-state index contributed by atoms with van der Waals surface area (Å²) in [4.78, 5) is 0. The van der Waals surface area contributed by atoms with E-state index >= 15 is 0 Å².